The molecule has 0 atom stereocenters. The molecule has 0 aliphatic rings. The smallest absolute Gasteiger partial charge is 0.219 e. The van der Waals surface area contributed by atoms with Crippen molar-refractivity contribution in [1.82, 2.24) is 9.97 Å². The highest BCUT2D eigenvalue weighted by atomic mass is 19.1. The largest absolute Gasteiger partial charge is 0.368 e. The fourth-order valence-corrected chi connectivity index (χ4v) is 1.38. The van der Waals surface area contributed by atoms with E-state index in [0.29, 0.717) is 0 Å². The molecular formula is C11H10FN3. The van der Waals surface area contributed by atoms with Crippen molar-refractivity contribution in [2.75, 3.05) is 5.73 Å². The molecule has 0 unspecified atom stereocenters. The summed E-state index contributed by atoms with van der Waals surface area (Å²) < 4.78 is 13.0. The molecule has 1 heterocycles. The van der Waals surface area contributed by atoms with Crippen LogP contribution in [0.2, 0.25) is 0 Å². The van der Waals surface area contributed by atoms with Crippen LogP contribution in [0.3, 0.4) is 0 Å². The number of anilines is 1. The van der Waals surface area contributed by atoms with Crippen LogP contribution < -0.4 is 5.73 Å². The third kappa shape index (κ3) is 1.93. The number of halogens is 1. The number of nitrogens with two attached hydrogens (primary N) is 1. The molecular weight excluding hydrogens is 193 g/mol. The van der Waals surface area contributed by atoms with Gasteiger partial charge in [-0.2, -0.15) is 0 Å². The Morgan fingerprint density at radius 2 is 1.87 bits per heavy atom. The molecule has 15 heavy (non-hydrogen) atoms. The van der Waals surface area contributed by atoms with Crippen molar-refractivity contribution >= 4 is 5.95 Å². The monoisotopic (exact) mass is 203 g/mol. The zero-order valence-electron chi connectivity index (χ0n) is 8.24. The van der Waals surface area contributed by atoms with E-state index in [1.807, 2.05) is 6.92 Å². The summed E-state index contributed by atoms with van der Waals surface area (Å²) in [5, 5.41) is 0. The Bertz CT molecular complexity index is 480. The van der Waals surface area contributed by atoms with Crippen LogP contribution in [0.5, 0.6) is 0 Å². The summed E-state index contributed by atoms with van der Waals surface area (Å²) in [5.74, 6) is -0.0553. The zero-order valence-corrected chi connectivity index (χ0v) is 8.24. The number of hydrogen-bond acceptors (Lipinski definition) is 3. The number of hydrogen-bond donors (Lipinski definition) is 1. The van der Waals surface area contributed by atoms with Gasteiger partial charge in [-0.3, -0.25) is 0 Å². The number of aromatic nitrogens is 2. The standard InChI is InChI=1S/C11H10FN3/c1-7-2-3-9(12)4-10(7)8-5-14-11(13)15-6-8/h2-6H,1H3,(H2,13,14,15). The van der Waals surface area contributed by atoms with Crippen molar-refractivity contribution in [2.24, 2.45) is 0 Å². The number of benzene rings is 1. The lowest BCUT2D eigenvalue weighted by Crippen LogP contribution is -1.94. The lowest BCUT2D eigenvalue weighted by atomic mass is 10.0. The summed E-state index contributed by atoms with van der Waals surface area (Å²) >= 11 is 0. The summed E-state index contributed by atoms with van der Waals surface area (Å²) in [6.45, 7) is 1.91. The van der Waals surface area contributed by atoms with Crippen LogP contribution in [-0.2, 0) is 0 Å². The van der Waals surface area contributed by atoms with Gasteiger partial charge in [0.1, 0.15) is 5.82 Å². The maximum absolute atomic E-state index is 13.0. The van der Waals surface area contributed by atoms with Crippen LogP contribution in [0.1, 0.15) is 5.56 Å². The van der Waals surface area contributed by atoms with Crippen LogP contribution in [0.15, 0.2) is 30.6 Å². The predicted molar refractivity (Wildman–Crippen MR) is 56.6 cm³/mol. The second-order valence-electron chi connectivity index (χ2n) is 3.29. The summed E-state index contributed by atoms with van der Waals surface area (Å²) in [6.07, 6.45) is 3.17. The minimum Gasteiger partial charge on any atom is -0.368 e. The first kappa shape index (κ1) is 9.58. The van der Waals surface area contributed by atoms with Gasteiger partial charge in [-0.25, -0.2) is 14.4 Å². The Kier molecular flexibility index (Phi) is 2.33. The molecule has 1 aromatic heterocycles. The molecule has 0 saturated heterocycles. The highest BCUT2D eigenvalue weighted by molar-refractivity contribution is 5.65. The van der Waals surface area contributed by atoms with Gasteiger partial charge in [0.05, 0.1) is 0 Å². The first-order valence-corrected chi connectivity index (χ1v) is 4.51. The van der Waals surface area contributed by atoms with Crippen LogP contribution in [0.4, 0.5) is 10.3 Å². The number of nitrogen functional groups attached to an aromatic ring is 1. The van der Waals surface area contributed by atoms with E-state index in [0.717, 1.165) is 16.7 Å². The maximum Gasteiger partial charge on any atom is 0.219 e. The first-order valence-electron chi connectivity index (χ1n) is 4.51. The van der Waals surface area contributed by atoms with Crippen LogP contribution in [0.25, 0.3) is 11.1 Å². The summed E-state index contributed by atoms with van der Waals surface area (Å²) in [4.78, 5) is 7.74. The van der Waals surface area contributed by atoms with E-state index in [-0.39, 0.29) is 11.8 Å². The Morgan fingerprint density at radius 3 is 2.53 bits per heavy atom. The second kappa shape index (κ2) is 3.65. The third-order valence-corrected chi connectivity index (χ3v) is 2.18. The van der Waals surface area contributed by atoms with Gasteiger partial charge in [0, 0.05) is 18.0 Å². The van der Waals surface area contributed by atoms with Crippen molar-refractivity contribution in [1.29, 1.82) is 0 Å². The topological polar surface area (TPSA) is 51.8 Å². The molecule has 0 spiro atoms. The fourth-order valence-electron chi connectivity index (χ4n) is 1.38. The Morgan fingerprint density at radius 1 is 1.20 bits per heavy atom. The van der Waals surface area contributed by atoms with Gasteiger partial charge in [0.25, 0.3) is 0 Å². The van der Waals surface area contributed by atoms with Crippen LogP contribution >= 0.6 is 0 Å². The predicted octanol–water partition coefficient (Wildman–Crippen LogP) is 2.17. The fraction of sp³-hybridized carbons (Fsp3) is 0.0909. The van der Waals surface area contributed by atoms with E-state index in [2.05, 4.69) is 9.97 Å². The Hall–Kier alpha value is -1.97. The van der Waals surface area contributed by atoms with Crippen molar-refractivity contribution in [2.45, 2.75) is 6.92 Å². The van der Waals surface area contributed by atoms with Crippen LogP contribution in [0, 0.1) is 12.7 Å². The van der Waals surface area contributed by atoms with E-state index >= 15 is 0 Å². The molecule has 0 aliphatic carbocycles. The van der Waals surface area contributed by atoms with E-state index in [4.69, 9.17) is 5.73 Å². The molecule has 0 aliphatic heterocycles. The zero-order chi connectivity index (χ0) is 10.8. The second-order valence-corrected chi connectivity index (χ2v) is 3.29. The number of rotatable bonds is 1. The minimum absolute atomic E-state index is 0.216. The van der Waals surface area contributed by atoms with Gasteiger partial charge in [0.15, 0.2) is 0 Å². The molecule has 1 aromatic carbocycles. The van der Waals surface area contributed by atoms with E-state index in [1.54, 1.807) is 18.5 Å². The van der Waals surface area contributed by atoms with E-state index in [1.165, 1.54) is 12.1 Å². The molecule has 0 bridgehead atoms. The SMILES string of the molecule is Cc1ccc(F)cc1-c1cnc(N)nc1. The van der Waals surface area contributed by atoms with Crippen LogP contribution in [-0.4, -0.2) is 9.97 Å². The van der Waals surface area contributed by atoms with Crippen molar-refractivity contribution in [3.8, 4) is 11.1 Å². The molecule has 4 heteroatoms. The summed E-state index contributed by atoms with van der Waals surface area (Å²) in [6, 6.07) is 4.61. The summed E-state index contributed by atoms with van der Waals surface area (Å²) in [7, 11) is 0. The van der Waals surface area contributed by atoms with Gasteiger partial charge in [0.2, 0.25) is 5.95 Å². The van der Waals surface area contributed by atoms with Gasteiger partial charge in [-0.15, -0.1) is 0 Å². The molecule has 2 aromatic rings. The summed E-state index contributed by atoms with van der Waals surface area (Å²) in [5.41, 5.74) is 7.91. The molecule has 0 saturated carbocycles. The first-order chi connectivity index (χ1) is 7.16. The van der Waals surface area contributed by atoms with Gasteiger partial charge < -0.3 is 5.73 Å². The number of nitrogens with zero attached hydrogens (tertiary/aromatic N) is 2. The van der Waals surface area contributed by atoms with Crippen molar-refractivity contribution < 1.29 is 4.39 Å². The molecule has 2 N–H and O–H groups in total. The van der Waals surface area contributed by atoms with Gasteiger partial charge >= 0.3 is 0 Å². The lowest BCUT2D eigenvalue weighted by Gasteiger charge is -2.05. The highest BCUT2D eigenvalue weighted by Gasteiger charge is 2.04. The quantitative estimate of drug-likeness (QED) is 0.772. The third-order valence-electron chi connectivity index (χ3n) is 2.18. The average molecular weight is 203 g/mol. The Labute approximate surface area is 86.8 Å². The highest BCUT2D eigenvalue weighted by Crippen LogP contribution is 2.22. The van der Waals surface area contributed by atoms with Crippen molar-refractivity contribution in [3.63, 3.8) is 0 Å². The normalized spacial score (nSPS) is 10.3. The van der Waals surface area contributed by atoms with Gasteiger partial charge in [-0.05, 0) is 30.2 Å². The van der Waals surface area contributed by atoms with Gasteiger partial charge in [-0.1, -0.05) is 6.07 Å². The number of aryl methyl sites for hydroxylation is 1. The average Bonchev–Trinajstić information content (AvgIpc) is 2.23. The van der Waals surface area contributed by atoms with E-state index < -0.39 is 0 Å². The molecule has 3 nitrogen and oxygen atoms in total. The minimum atomic E-state index is -0.271. The maximum atomic E-state index is 13.0. The lowest BCUT2D eigenvalue weighted by molar-refractivity contribution is 0.628. The molecule has 2 rings (SSSR count). The molecule has 76 valence electrons. The van der Waals surface area contributed by atoms with E-state index in [9.17, 15) is 4.39 Å². The van der Waals surface area contributed by atoms with Crippen molar-refractivity contribution in [3.05, 3.63) is 42.0 Å². The Balaban J connectivity index is 2.53. The molecule has 0 amide bonds. The molecule has 0 radical (unpaired) electrons. The molecule has 0 fully saturated rings.